The number of ether oxygens (including phenoxy) is 2. The van der Waals surface area contributed by atoms with E-state index in [4.69, 9.17) is 26.2 Å². The molecule has 0 spiro atoms. The number of benzene rings is 1. The molecule has 0 saturated carbocycles. The summed E-state index contributed by atoms with van der Waals surface area (Å²) in [5.41, 5.74) is -1.59. The molecule has 0 fully saturated rings. The zero-order chi connectivity index (χ0) is 16.9. The summed E-state index contributed by atoms with van der Waals surface area (Å²) in [5.74, 6) is -2.32. The Bertz CT molecular complexity index is 568. The Morgan fingerprint density at radius 3 is 2.64 bits per heavy atom. The number of amides is 1. The number of carboxylic acid groups (broad SMARTS) is 1. The minimum atomic E-state index is -1.59. The van der Waals surface area contributed by atoms with E-state index in [9.17, 15) is 14.0 Å². The molecule has 0 aliphatic carbocycles. The van der Waals surface area contributed by atoms with Crippen molar-refractivity contribution in [3.05, 3.63) is 29.0 Å². The molecule has 0 aliphatic heterocycles. The maximum Gasteiger partial charge on any atom is 0.331 e. The number of methoxy groups -OCH3 is 1. The largest absolute Gasteiger partial charge is 0.479 e. The lowest BCUT2D eigenvalue weighted by molar-refractivity contribution is -0.150. The summed E-state index contributed by atoms with van der Waals surface area (Å²) >= 11 is 5.80. The molecule has 0 aliphatic rings. The smallest absolute Gasteiger partial charge is 0.331 e. The number of carbonyl (C=O) groups is 2. The lowest BCUT2D eigenvalue weighted by Gasteiger charge is -2.27. The Labute approximate surface area is 132 Å². The van der Waals surface area contributed by atoms with Crippen LogP contribution in [0, 0.1) is 5.82 Å². The summed E-state index contributed by atoms with van der Waals surface area (Å²) in [5, 5.41) is 11.5. The zero-order valence-electron chi connectivity index (χ0n) is 12.4. The Morgan fingerprint density at radius 1 is 1.50 bits per heavy atom. The van der Waals surface area contributed by atoms with Gasteiger partial charge < -0.3 is 19.9 Å². The van der Waals surface area contributed by atoms with Crippen LogP contribution in [0.3, 0.4) is 0 Å². The highest BCUT2D eigenvalue weighted by atomic mass is 35.5. The monoisotopic (exact) mass is 333 g/mol. The van der Waals surface area contributed by atoms with Gasteiger partial charge in [-0.25, -0.2) is 9.18 Å². The van der Waals surface area contributed by atoms with Crippen molar-refractivity contribution in [2.75, 3.05) is 13.7 Å². The van der Waals surface area contributed by atoms with Gasteiger partial charge in [-0.2, -0.15) is 0 Å². The summed E-state index contributed by atoms with van der Waals surface area (Å²) in [6.45, 7) is 2.52. The van der Waals surface area contributed by atoms with Gasteiger partial charge in [0.05, 0.1) is 11.6 Å². The van der Waals surface area contributed by atoms with Gasteiger partial charge in [0, 0.05) is 7.11 Å². The molecule has 2 N–H and O–H groups in total. The highest BCUT2D eigenvalue weighted by Gasteiger charge is 2.36. The molecule has 122 valence electrons. The van der Waals surface area contributed by atoms with E-state index in [1.54, 1.807) is 0 Å². The van der Waals surface area contributed by atoms with Crippen molar-refractivity contribution in [2.45, 2.75) is 25.5 Å². The SMILES string of the molecule is COCC(C)(NC(=O)C(C)Oc1ccc(F)cc1Cl)C(=O)O. The van der Waals surface area contributed by atoms with Gasteiger partial charge in [-0.1, -0.05) is 11.6 Å². The molecule has 0 bridgehead atoms. The van der Waals surface area contributed by atoms with Gasteiger partial charge in [-0.15, -0.1) is 0 Å². The molecule has 0 radical (unpaired) electrons. The number of carbonyl (C=O) groups excluding carboxylic acids is 1. The predicted octanol–water partition coefficient (Wildman–Crippen LogP) is 1.85. The van der Waals surface area contributed by atoms with E-state index in [0.29, 0.717) is 0 Å². The van der Waals surface area contributed by atoms with Crippen molar-refractivity contribution in [1.29, 1.82) is 0 Å². The molecular weight excluding hydrogens is 317 g/mol. The number of aliphatic carboxylic acids is 1. The molecule has 6 nitrogen and oxygen atoms in total. The van der Waals surface area contributed by atoms with Crippen LogP contribution < -0.4 is 10.1 Å². The fraction of sp³-hybridized carbons (Fsp3) is 0.429. The van der Waals surface area contributed by atoms with Gasteiger partial charge in [-0.05, 0) is 32.0 Å². The molecule has 8 heteroatoms. The quantitative estimate of drug-likeness (QED) is 0.795. The van der Waals surface area contributed by atoms with E-state index in [1.165, 1.54) is 27.0 Å². The van der Waals surface area contributed by atoms with E-state index < -0.39 is 29.3 Å². The molecule has 0 heterocycles. The summed E-state index contributed by atoms with van der Waals surface area (Å²) in [6, 6.07) is 3.47. The van der Waals surface area contributed by atoms with Gasteiger partial charge >= 0.3 is 5.97 Å². The van der Waals surface area contributed by atoms with Crippen molar-refractivity contribution in [3.8, 4) is 5.75 Å². The molecule has 1 rings (SSSR count). The zero-order valence-corrected chi connectivity index (χ0v) is 13.1. The van der Waals surface area contributed by atoms with Gasteiger partial charge in [0.1, 0.15) is 11.6 Å². The minimum Gasteiger partial charge on any atom is -0.479 e. The number of nitrogens with one attached hydrogen (secondary N) is 1. The average Bonchev–Trinajstić information content (AvgIpc) is 2.41. The second kappa shape index (κ2) is 7.42. The maximum absolute atomic E-state index is 12.9. The molecule has 2 atom stereocenters. The molecule has 2 unspecified atom stereocenters. The fourth-order valence-electron chi connectivity index (χ4n) is 1.63. The van der Waals surface area contributed by atoms with Crippen molar-refractivity contribution in [3.63, 3.8) is 0 Å². The predicted molar refractivity (Wildman–Crippen MR) is 77.6 cm³/mol. The first-order valence-corrected chi connectivity index (χ1v) is 6.73. The number of rotatable bonds is 7. The third-order valence-corrected chi connectivity index (χ3v) is 3.17. The molecule has 1 aromatic carbocycles. The minimum absolute atomic E-state index is 0.0116. The van der Waals surface area contributed by atoms with Crippen LogP contribution in [0.4, 0.5) is 4.39 Å². The second-order valence-electron chi connectivity index (χ2n) is 4.89. The normalized spacial score (nSPS) is 14.8. The van der Waals surface area contributed by atoms with Crippen LogP contribution >= 0.6 is 11.6 Å². The third kappa shape index (κ3) is 4.57. The van der Waals surface area contributed by atoms with Gasteiger partial charge in [-0.3, -0.25) is 4.79 Å². The number of carboxylic acids is 1. The van der Waals surface area contributed by atoms with E-state index in [0.717, 1.165) is 12.1 Å². The second-order valence-corrected chi connectivity index (χ2v) is 5.30. The molecular formula is C14H17ClFNO5. The average molecular weight is 334 g/mol. The molecule has 1 aromatic rings. The Morgan fingerprint density at radius 2 is 2.14 bits per heavy atom. The summed E-state index contributed by atoms with van der Waals surface area (Å²) in [6.07, 6.45) is -1.03. The first kappa shape index (κ1) is 18.2. The topological polar surface area (TPSA) is 84.9 Å². The fourth-order valence-corrected chi connectivity index (χ4v) is 1.84. The molecule has 0 saturated heterocycles. The van der Waals surface area contributed by atoms with Crippen LogP contribution in [0.5, 0.6) is 5.75 Å². The van der Waals surface area contributed by atoms with E-state index >= 15 is 0 Å². The third-order valence-electron chi connectivity index (χ3n) is 2.87. The Balaban J connectivity index is 2.78. The Kier molecular flexibility index (Phi) is 6.13. The van der Waals surface area contributed by atoms with Crippen molar-refractivity contribution in [2.24, 2.45) is 0 Å². The highest BCUT2D eigenvalue weighted by molar-refractivity contribution is 6.32. The number of hydrogen-bond donors (Lipinski definition) is 2. The lowest BCUT2D eigenvalue weighted by atomic mass is 10.0. The van der Waals surface area contributed by atoms with Crippen LogP contribution in [0.15, 0.2) is 18.2 Å². The van der Waals surface area contributed by atoms with Gasteiger partial charge in [0.2, 0.25) is 0 Å². The van der Waals surface area contributed by atoms with Crippen molar-refractivity contribution < 1.29 is 28.6 Å². The highest BCUT2D eigenvalue weighted by Crippen LogP contribution is 2.25. The van der Waals surface area contributed by atoms with Crippen LogP contribution in [0.1, 0.15) is 13.8 Å². The summed E-state index contributed by atoms with van der Waals surface area (Å²) < 4.78 is 23.1. The first-order valence-electron chi connectivity index (χ1n) is 6.35. The van der Waals surface area contributed by atoms with E-state index in [1.807, 2.05) is 0 Å². The van der Waals surface area contributed by atoms with E-state index in [-0.39, 0.29) is 17.4 Å². The standard InChI is InChI=1S/C14H17ClFNO5/c1-8(22-11-5-4-9(16)6-10(11)15)12(18)17-14(2,7-21-3)13(19)20/h4-6,8H,7H2,1-3H3,(H,17,18)(H,19,20). The molecule has 1 amide bonds. The molecule has 0 aromatic heterocycles. The summed E-state index contributed by atoms with van der Waals surface area (Å²) in [7, 11) is 1.32. The maximum atomic E-state index is 12.9. The van der Waals surface area contributed by atoms with Crippen LogP contribution in [-0.2, 0) is 14.3 Å². The Hall–Kier alpha value is -1.86. The first-order chi connectivity index (χ1) is 10.2. The van der Waals surface area contributed by atoms with Crippen LogP contribution in [0.2, 0.25) is 5.02 Å². The number of halogens is 2. The molecule has 22 heavy (non-hydrogen) atoms. The van der Waals surface area contributed by atoms with Gasteiger partial charge in [0.25, 0.3) is 5.91 Å². The van der Waals surface area contributed by atoms with E-state index in [2.05, 4.69) is 5.32 Å². The van der Waals surface area contributed by atoms with Crippen molar-refractivity contribution in [1.82, 2.24) is 5.32 Å². The van der Waals surface area contributed by atoms with Crippen LogP contribution in [-0.4, -0.2) is 42.3 Å². The lowest BCUT2D eigenvalue weighted by Crippen LogP contribution is -2.57. The van der Waals surface area contributed by atoms with Crippen LogP contribution in [0.25, 0.3) is 0 Å². The van der Waals surface area contributed by atoms with Gasteiger partial charge in [0.15, 0.2) is 11.6 Å². The summed E-state index contributed by atoms with van der Waals surface area (Å²) in [4.78, 5) is 23.3. The van der Waals surface area contributed by atoms with Crippen molar-refractivity contribution >= 4 is 23.5 Å². The number of hydrogen-bond acceptors (Lipinski definition) is 4.